The maximum absolute atomic E-state index is 12.3. The summed E-state index contributed by atoms with van der Waals surface area (Å²) in [6.07, 6.45) is 2.74. The van der Waals surface area contributed by atoms with E-state index in [0.717, 1.165) is 24.2 Å². The molecule has 2 amide bonds. The van der Waals surface area contributed by atoms with Crippen LogP contribution < -0.4 is 15.4 Å². The molecule has 1 saturated carbocycles. The SMILES string of the molecule is O=C(Nc1ccc2c(c1)C[C@@H](C(=O)NC1CC1)CO2)c1ccc(Cl)cc1. The second-order valence-corrected chi connectivity index (χ2v) is 7.21. The monoisotopic (exact) mass is 370 g/mol. The molecule has 1 fully saturated rings. The Hall–Kier alpha value is -2.53. The van der Waals surface area contributed by atoms with Crippen LogP contribution in [0.4, 0.5) is 5.69 Å². The molecule has 1 atom stereocenters. The number of amides is 2. The minimum absolute atomic E-state index is 0.0498. The zero-order valence-corrected chi connectivity index (χ0v) is 14.9. The second-order valence-electron chi connectivity index (χ2n) is 6.78. The number of carbonyl (C=O) groups is 2. The zero-order chi connectivity index (χ0) is 18.1. The van der Waals surface area contributed by atoms with Gasteiger partial charge in [0.1, 0.15) is 12.4 Å². The summed E-state index contributed by atoms with van der Waals surface area (Å²) in [4.78, 5) is 24.6. The van der Waals surface area contributed by atoms with Gasteiger partial charge < -0.3 is 15.4 Å². The standard InChI is InChI=1S/C20H19ClN2O3/c21-15-3-1-12(2-4-15)19(24)23-17-7-8-18-13(10-17)9-14(11-26-18)20(25)22-16-5-6-16/h1-4,7-8,10,14,16H,5-6,9,11H2,(H,22,25)(H,23,24)/t14-/m1/s1. The van der Waals surface area contributed by atoms with Crippen LogP contribution in [0.1, 0.15) is 28.8 Å². The maximum Gasteiger partial charge on any atom is 0.255 e. The summed E-state index contributed by atoms with van der Waals surface area (Å²) in [5.41, 5.74) is 2.14. The molecule has 1 heterocycles. The number of carbonyl (C=O) groups excluding carboxylic acids is 2. The van der Waals surface area contributed by atoms with Crippen molar-refractivity contribution in [3.63, 3.8) is 0 Å². The fourth-order valence-electron chi connectivity index (χ4n) is 2.99. The summed E-state index contributed by atoms with van der Waals surface area (Å²) in [7, 11) is 0. The van der Waals surface area contributed by atoms with E-state index in [4.69, 9.17) is 16.3 Å². The first kappa shape index (κ1) is 16.9. The van der Waals surface area contributed by atoms with E-state index in [0.29, 0.717) is 35.3 Å². The summed E-state index contributed by atoms with van der Waals surface area (Å²) in [6, 6.07) is 12.6. The predicted molar refractivity (Wildman–Crippen MR) is 99.7 cm³/mol. The van der Waals surface area contributed by atoms with Crippen molar-refractivity contribution in [1.82, 2.24) is 5.32 Å². The molecule has 2 aliphatic rings. The van der Waals surface area contributed by atoms with E-state index >= 15 is 0 Å². The predicted octanol–water partition coefficient (Wildman–Crippen LogP) is 3.42. The van der Waals surface area contributed by atoms with Crippen molar-refractivity contribution in [2.45, 2.75) is 25.3 Å². The third-order valence-corrected chi connectivity index (χ3v) is 4.88. The number of halogens is 1. The lowest BCUT2D eigenvalue weighted by Gasteiger charge is -2.25. The molecular formula is C20H19ClN2O3. The van der Waals surface area contributed by atoms with Crippen molar-refractivity contribution in [3.05, 3.63) is 58.6 Å². The van der Waals surface area contributed by atoms with Crippen LogP contribution in [0.3, 0.4) is 0 Å². The highest BCUT2D eigenvalue weighted by Crippen LogP contribution is 2.31. The number of rotatable bonds is 4. The lowest BCUT2D eigenvalue weighted by Crippen LogP contribution is -2.38. The molecule has 2 N–H and O–H groups in total. The number of ether oxygens (including phenoxy) is 1. The second kappa shape index (κ2) is 7.00. The molecule has 1 aliphatic carbocycles. The molecule has 0 unspecified atom stereocenters. The van der Waals surface area contributed by atoms with Gasteiger partial charge in [-0.25, -0.2) is 0 Å². The van der Waals surface area contributed by atoms with Crippen LogP contribution in [-0.2, 0) is 11.2 Å². The van der Waals surface area contributed by atoms with Crippen molar-refractivity contribution < 1.29 is 14.3 Å². The van der Waals surface area contributed by atoms with Crippen LogP contribution in [0, 0.1) is 5.92 Å². The number of anilines is 1. The third-order valence-electron chi connectivity index (χ3n) is 4.63. The van der Waals surface area contributed by atoms with Gasteiger partial charge in [-0.15, -0.1) is 0 Å². The molecule has 0 saturated heterocycles. The van der Waals surface area contributed by atoms with Crippen LogP contribution in [0.5, 0.6) is 5.75 Å². The summed E-state index contributed by atoms with van der Waals surface area (Å²) in [6.45, 7) is 0.391. The quantitative estimate of drug-likeness (QED) is 0.866. The molecule has 2 aromatic rings. The van der Waals surface area contributed by atoms with E-state index in [9.17, 15) is 9.59 Å². The average molecular weight is 371 g/mol. The first-order valence-electron chi connectivity index (χ1n) is 8.71. The van der Waals surface area contributed by atoms with Gasteiger partial charge in [-0.3, -0.25) is 9.59 Å². The molecule has 2 aromatic carbocycles. The van der Waals surface area contributed by atoms with Gasteiger partial charge in [-0.1, -0.05) is 11.6 Å². The number of hydrogen-bond acceptors (Lipinski definition) is 3. The van der Waals surface area contributed by atoms with Crippen LogP contribution in [0.2, 0.25) is 5.02 Å². The van der Waals surface area contributed by atoms with Gasteiger partial charge in [0.05, 0.1) is 5.92 Å². The largest absolute Gasteiger partial charge is 0.492 e. The van der Waals surface area contributed by atoms with Crippen LogP contribution >= 0.6 is 11.6 Å². The third kappa shape index (κ3) is 3.83. The molecule has 26 heavy (non-hydrogen) atoms. The summed E-state index contributed by atoms with van der Waals surface area (Å²) in [5, 5.41) is 6.49. The van der Waals surface area contributed by atoms with E-state index in [2.05, 4.69) is 10.6 Å². The highest BCUT2D eigenvalue weighted by molar-refractivity contribution is 6.30. The van der Waals surface area contributed by atoms with Crippen molar-refractivity contribution in [2.75, 3.05) is 11.9 Å². The van der Waals surface area contributed by atoms with Gasteiger partial charge in [-0.05, 0) is 67.3 Å². The van der Waals surface area contributed by atoms with Crippen LogP contribution in [-0.4, -0.2) is 24.5 Å². The minimum Gasteiger partial charge on any atom is -0.492 e. The van der Waals surface area contributed by atoms with Gasteiger partial charge in [0.2, 0.25) is 5.91 Å². The highest BCUT2D eigenvalue weighted by Gasteiger charge is 2.30. The van der Waals surface area contributed by atoms with Crippen molar-refractivity contribution >= 4 is 29.1 Å². The van der Waals surface area contributed by atoms with Crippen LogP contribution in [0.25, 0.3) is 0 Å². The normalized spacial score (nSPS) is 18.4. The van der Waals surface area contributed by atoms with Gasteiger partial charge in [0.15, 0.2) is 0 Å². The highest BCUT2D eigenvalue weighted by atomic mass is 35.5. The van der Waals surface area contributed by atoms with E-state index < -0.39 is 0 Å². The van der Waals surface area contributed by atoms with Gasteiger partial charge in [0, 0.05) is 22.3 Å². The van der Waals surface area contributed by atoms with Gasteiger partial charge in [0.25, 0.3) is 5.91 Å². The number of benzene rings is 2. The smallest absolute Gasteiger partial charge is 0.255 e. The zero-order valence-electron chi connectivity index (χ0n) is 14.1. The van der Waals surface area contributed by atoms with Crippen molar-refractivity contribution in [2.24, 2.45) is 5.92 Å². The molecular weight excluding hydrogens is 352 g/mol. The molecule has 1 aliphatic heterocycles. The molecule has 0 radical (unpaired) electrons. The van der Waals surface area contributed by atoms with E-state index in [1.54, 1.807) is 30.3 Å². The number of hydrogen-bond donors (Lipinski definition) is 2. The van der Waals surface area contributed by atoms with E-state index in [-0.39, 0.29) is 17.7 Å². The van der Waals surface area contributed by atoms with Gasteiger partial charge >= 0.3 is 0 Å². The molecule has 0 bridgehead atoms. The Kier molecular flexibility index (Phi) is 4.55. The molecule has 6 heteroatoms. The Balaban J connectivity index is 1.45. The fourth-order valence-corrected chi connectivity index (χ4v) is 3.12. The van der Waals surface area contributed by atoms with Crippen molar-refractivity contribution in [3.8, 4) is 5.75 Å². The van der Waals surface area contributed by atoms with Crippen LogP contribution in [0.15, 0.2) is 42.5 Å². The lowest BCUT2D eigenvalue weighted by atomic mass is 9.95. The Bertz CT molecular complexity index is 847. The first-order valence-corrected chi connectivity index (χ1v) is 9.09. The average Bonchev–Trinajstić information content (AvgIpc) is 3.45. The van der Waals surface area contributed by atoms with E-state index in [1.807, 2.05) is 12.1 Å². The summed E-state index contributed by atoms with van der Waals surface area (Å²) >= 11 is 5.85. The van der Waals surface area contributed by atoms with Crippen molar-refractivity contribution in [1.29, 1.82) is 0 Å². The fraction of sp³-hybridized carbons (Fsp3) is 0.300. The Labute approximate surface area is 156 Å². The lowest BCUT2D eigenvalue weighted by molar-refractivity contribution is -0.126. The van der Waals surface area contributed by atoms with Gasteiger partial charge in [-0.2, -0.15) is 0 Å². The Morgan fingerprint density at radius 3 is 2.58 bits per heavy atom. The first-order chi connectivity index (χ1) is 12.6. The number of nitrogens with one attached hydrogen (secondary N) is 2. The summed E-state index contributed by atoms with van der Waals surface area (Å²) in [5.74, 6) is 0.422. The minimum atomic E-state index is -0.207. The van der Waals surface area contributed by atoms with E-state index in [1.165, 1.54) is 0 Å². The maximum atomic E-state index is 12.3. The summed E-state index contributed by atoms with van der Waals surface area (Å²) < 4.78 is 5.73. The molecule has 0 aromatic heterocycles. The Morgan fingerprint density at radius 2 is 1.85 bits per heavy atom. The Morgan fingerprint density at radius 1 is 1.08 bits per heavy atom. The topological polar surface area (TPSA) is 67.4 Å². The molecule has 134 valence electrons. The molecule has 4 rings (SSSR count). The number of fused-ring (bicyclic) bond motifs is 1. The molecule has 5 nitrogen and oxygen atoms in total. The molecule has 0 spiro atoms.